The van der Waals surface area contributed by atoms with E-state index >= 15 is 0 Å². The van der Waals surface area contributed by atoms with Crippen LogP contribution in [-0.4, -0.2) is 70.3 Å². The Labute approximate surface area is 305 Å². The Kier molecular flexibility index (Phi) is 10.9. The molecular formula is C42H47N5O5. The molecule has 1 saturated carbocycles. The van der Waals surface area contributed by atoms with Crippen LogP contribution in [0.3, 0.4) is 0 Å². The monoisotopic (exact) mass is 701 g/mol. The van der Waals surface area contributed by atoms with Gasteiger partial charge in [-0.3, -0.25) is 9.59 Å². The highest BCUT2D eigenvalue weighted by Gasteiger charge is 2.42. The molecule has 3 aromatic carbocycles. The van der Waals surface area contributed by atoms with Gasteiger partial charge in [0.25, 0.3) is 5.91 Å². The lowest BCUT2D eigenvalue weighted by atomic mass is 10.0. The van der Waals surface area contributed by atoms with Gasteiger partial charge in [0.15, 0.2) is 0 Å². The van der Waals surface area contributed by atoms with Gasteiger partial charge in [0.05, 0.1) is 28.6 Å². The van der Waals surface area contributed by atoms with Crippen molar-refractivity contribution in [2.24, 2.45) is 17.8 Å². The summed E-state index contributed by atoms with van der Waals surface area (Å²) in [4.78, 5) is 52.9. The van der Waals surface area contributed by atoms with Crippen molar-refractivity contribution in [3.8, 4) is 11.8 Å². The topological polar surface area (TPSA) is 114 Å². The minimum absolute atomic E-state index is 0.000882. The molecule has 10 heteroatoms. The standard InChI is InChI=1S/C42H47N5O5/c1-28-38(29(2)44-42(43-28)52-36-19-17-33(18-20-36)41(50)51-27-30-11-5-3-6-12-30)40(49)47-25-34-23-46(24-35(34)26-47)22-21-37(31-13-7-4-8-14-31)45-39(48)32-15-9-10-16-32/h3-8,11-14,17-20,32,34-35,37H,9-10,15-16,21-27H2,1-2H3,(H,45,48)/t34?,35?,37-/m0/s1. The highest BCUT2D eigenvalue weighted by Crippen LogP contribution is 2.34. The van der Waals surface area contributed by atoms with E-state index in [1.165, 1.54) is 0 Å². The van der Waals surface area contributed by atoms with Crippen molar-refractivity contribution in [3.05, 3.63) is 119 Å². The van der Waals surface area contributed by atoms with Crippen molar-refractivity contribution < 1.29 is 23.9 Å². The maximum Gasteiger partial charge on any atom is 0.338 e. The molecule has 7 rings (SSSR count). The van der Waals surface area contributed by atoms with Gasteiger partial charge < -0.3 is 24.6 Å². The fraction of sp³-hybridized carbons (Fsp3) is 0.405. The first-order valence-electron chi connectivity index (χ1n) is 18.5. The molecule has 3 atom stereocenters. The Morgan fingerprint density at radius 1 is 0.808 bits per heavy atom. The zero-order valence-corrected chi connectivity index (χ0v) is 30.0. The van der Waals surface area contributed by atoms with Gasteiger partial charge in [0.1, 0.15) is 12.4 Å². The fourth-order valence-corrected chi connectivity index (χ4v) is 8.01. The van der Waals surface area contributed by atoms with E-state index in [2.05, 4.69) is 32.3 Å². The van der Waals surface area contributed by atoms with E-state index in [1.54, 1.807) is 24.3 Å². The van der Waals surface area contributed by atoms with Crippen molar-refractivity contribution in [1.29, 1.82) is 0 Å². The van der Waals surface area contributed by atoms with Crippen LogP contribution < -0.4 is 10.1 Å². The Hall–Kier alpha value is -5.09. The maximum atomic E-state index is 13.8. The molecule has 52 heavy (non-hydrogen) atoms. The summed E-state index contributed by atoms with van der Waals surface area (Å²) in [5.74, 6) is 1.17. The first kappa shape index (κ1) is 35.3. The van der Waals surface area contributed by atoms with Gasteiger partial charge in [-0.2, -0.15) is 9.97 Å². The van der Waals surface area contributed by atoms with E-state index in [1.807, 2.05) is 67.3 Å². The van der Waals surface area contributed by atoms with Gasteiger partial charge in [-0.25, -0.2) is 4.79 Å². The molecule has 2 aliphatic heterocycles. The van der Waals surface area contributed by atoms with Gasteiger partial charge in [0.2, 0.25) is 5.91 Å². The lowest BCUT2D eigenvalue weighted by Crippen LogP contribution is -2.37. The van der Waals surface area contributed by atoms with Crippen molar-refractivity contribution in [2.75, 3.05) is 32.7 Å². The molecule has 2 amide bonds. The van der Waals surface area contributed by atoms with Crippen molar-refractivity contribution in [3.63, 3.8) is 0 Å². The second-order valence-corrected chi connectivity index (χ2v) is 14.5. The van der Waals surface area contributed by atoms with E-state index < -0.39 is 5.97 Å². The smallest absolute Gasteiger partial charge is 0.338 e. The Morgan fingerprint density at radius 2 is 1.42 bits per heavy atom. The van der Waals surface area contributed by atoms with Crippen LogP contribution in [0.2, 0.25) is 0 Å². The van der Waals surface area contributed by atoms with Crippen LogP contribution in [-0.2, 0) is 16.1 Å². The van der Waals surface area contributed by atoms with Gasteiger partial charge in [-0.15, -0.1) is 0 Å². The first-order chi connectivity index (χ1) is 25.3. The largest absolute Gasteiger partial charge is 0.457 e. The first-order valence-corrected chi connectivity index (χ1v) is 18.5. The second kappa shape index (κ2) is 16.1. The van der Waals surface area contributed by atoms with Crippen LogP contribution in [0.25, 0.3) is 0 Å². The fourth-order valence-electron chi connectivity index (χ4n) is 8.01. The van der Waals surface area contributed by atoms with Crippen LogP contribution >= 0.6 is 0 Å². The number of aromatic nitrogens is 2. The molecule has 0 bridgehead atoms. The summed E-state index contributed by atoms with van der Waals surface area (Å²) in [7, 11) is 0. The molecule has 2 saturated heterocycles. The summed E-state index contributed by atoms with van der Waals surface area (Å²) in [6.07, 6.45) is 5.13. The van der Waals surface area contributed by atoms with E-state index in [9.17, 15) is 14.4 Å². The van der Waals surface area contributed by atoms with Crippen LogP contribution in [0.15, 0.2) is 84.9 Å². The number of carbonyl (C=O) groups excluding carboxylic acids is 3. The lowest BCUT2D eigenvalue weighted by Gasteiger charge is -2.26. The zero-order chi connectivity index (χ0) is 36.0. The molecule has 10 nitrogen and oxygen atoms in total. The van der Waals surface area contributed by atoms with Crippen LogP contribution in [0.5, 0.6) is 11.8 Å². The number of nitrogens with one attached hydrogen (secondary N) is 1. The van der Waals surface area contributed by atoms with Gasteiger partial charge in [-0.05, 0) is 80.3 Å². The summed E-state index contributed by atoms with van der Waals surface area (Å²) in [5, 5.41) is 3.38. The number of aryl methyl sites for hydroxylation is 2. The number of hydrogen-bond acceptors (Lipinski definition) is 8. The number of likely N-dealkylation sites (tertiary alicyclic amines) is 2. The predicted molar refractivity (Wildman–Crippen MR) is 197 cm³/mol. The van der Waals surface area contributed by atoms with Gasteiger partial charge in [0, 0.05) is 38.6 Å². The van der Waals surface area contributed by atoms with E-state index in [0.717, 1.165) is 62.9 Å². The third kappa shape index (κ3) is 8.34. The molecule has 1 aliphatic carbocycles. The zero-order valence-electron chi connectivity index (χ0n) is 30.0. The Bertz CT molecular complexity index is 1830. The van der Waals surface area contributed by atoms with E-state index in [-0.39, 0.29) is 36.4 Å². The van der Waals surface area contributed by atoms with Gasteiger partial charge >= 0.3 is 12.0 Å². The number of hydrogen-bond donors (Lipinski definition) is 1. The van der Waals surface area contributed by atoms with Crippen molar-refractivity contribution >= 4 is 17.8 Å². The predicted octanol–water partition coefficient (Wildman–Crippen LogP) is 6.68. The molecule has 4 aromatic rings. The van der Waals surface area contributed by atoms with Crippen LogP contribution in [0.1, 0.15) is 81.4 Å². The number of amides is 2. The summed E-state index contributed by atoms with van der Waals surface area (Å²) in [6, 6.07) is 26.6. The average Bonchev–Trinajstić information content (AvgIpc) is 3.92. The molecule has 2 unspecified atom stereocenters. The Balaban J connectivity index is 0.908. The number of rotatable bonds is 12. The number of fused-ring (bicyclic) bond motifs is 1. The summed E-state index contributed by atoms with van der Waals surface area (Å²) in [6.45, 7) is 8.02. The van der Waals surface area contributed by atoms with E-state index in [0.29, 0.717) is 53.2 Å². The van der Waals surface area contributed by atoms with Crippen LogP contribution in [0.4, 0.5) is 0 Å². The third-order valence-corrected chi connectivity index (χ3v) is 10.8. The van der Waals surface area contributed by atoms with Crippen molar-refractivity contribution in [2.45, 2.75) is 58.6 Å². The molecule has 3 fully saturated rings. The minimum atomic E-state index is -0.420. The SMILES string of the molecule is Cc1nc(Oc2ccc(C(=O)OCc3ccccc3)cc2)nc(C)c1C(=O)N1CC2CN(CC[C@H](NC(=O)C3CCCC3)c3ccccc3)CC2C1. The number of ether oxygens (including phenoxy) is 2. The number of nitrogens with zero attached hydrogens (tertiary/aromatic N) is 4. The molecular weight excluding hydrogens is 654 g/mol. The number of benzene rings is 3. The minimum Gasteiger partial charge on any atom is -0.457 e. The molecule has 1 N–H and O–H groups in total. The molecule has 1 aromatic heterocycles. The molecule has 3 aliphatic rings. The molecule has 0 spiro atoms. The molecule has 3 heterocycles. The lowest BCUT2D eigenvalue weighted by molar-refractivity contribution is -0.125. The maximum absolute atomic E-state index is 13.8. The van der Waals surface area contributed by atoms with E-state index in [4.69, 9.17) is 9.47 Å². The van der Waals surface area contributed by atoms with Crippen LogP contribution in [0, 0.1) is 31.6 Å². The third-order valence-electron chi connectivity index (χ3n) is 10.8. The average molecular weight is 702 g/mol. The van der Waals surface area contributed by atoms with Crippen molar-refractivity contribution in [1.82, 2.24) is 25.1 Å². The molecule has 0 radical (unpaired) electrons. The molecule has 270 valence electrons. The van der Waals surface area contributed by atoms with Gasteiger partial charge in [-0.1, -0.05) is 73.5 Å². The summed E-state index contributed by atoms with van der Waals surface area (Å²) >= 11 is 0. The summed E-state index contributed by atoms with van der Waals surface area (Å²) < 4.78 is 11.3. The number of carbonyl (C=O) groups is 3. The Morgan fingerprint density at radius 3 is 2.06 bits per heavy atom. The summed E-state index contributed by atoms with van der Waals surface area (Å²) in [5.41, 5.74) is 4.14. The number of esters is 1. The highest BCUT2D eigenvalue weighted by atomic mass is 16.5. The normalized spacial score (nSPS) is 19.3. The quantitative estimate of drug-likeness (QED) is 0.163. The highest BCUT2D eigenvalue weighted by molar-refractivity contribution is 5.96. The second-order valence-electron chi connectivity index (χ2n) is 14.5.